The summed E-state index contributed by atoms with van der Waals surface area (Å²) in [5.41, 5.74) is 3.49. The van der Waals surface area contributed by atoms with E-state index in [0.717, 1.165) is 23.3 Å². The van der Waals surface area contributed by atoms with Crippen LogP contribution in [0.4, 0.5) is 4.79 Å². The number of nitrogens with one attached hydrogen (secondary N) is 1. The second-order valence-corrected chi connectivity index (χ2v) is 6.05. The molecular formula is C20H24N2O3. The van der Waals surface area contributed by atoms with Gasteiger partial charge in [0.1, 0.15) is 5.75 Å². The lowest BCUT2D eigenvalue weighted by atomic mass is 9.88. The number of urea groups is 1. The van der Waals surface area contributed by atoms with Crippen molar-refractivity contribution in [2.24, 2.45) is 0 Å². The van der Waals surface area contributed by atoms with Gasteiger partial charge in [-0.2, -0.15) is 0 Å². The summed E-state index contributed by atoms with van der Waals surface area (Å²) in [6, 6.07) is 16.1. The van der Waals surface area contributed by atoms with Gasteiger partial charge >= 0.3 is 6.03 Å². The van der Waals surface area contributed by atoms with Gasteiger partial charge in [-0.3, -0.25) is 0 Å². The average Bonchev–Trinajstić information content (AvgIpc) is 2.67. The topological polar surface area (TPSA) is 50.8 Å². The van der Waals surface area contributed by atoms with Gasteiger partial charge in [0.15, 0.2) is 0 Å². The van der Waals surface area contributed by atoms with Crippen LogP contribution in [-0.2, 0) is 11.2 Å². The molecule has 0 bridgehead atoms. The zero-order valence-electron chi connectivity index (χ0n) is 14.7. The van der Waals surface area contributed by atoms with Crippen molar-refractivity contribution in [3.05, 3.63) is 65.2 Å². The van der Waals surface area contributed by atoms with Crippen molar-refractivity contribution >= 4 is 6.03 Å². The van der Waals surface area contributed by atoms with Crippen LogP contribution in [0.2, 0.25) is 0 Å². The first-order valence-corrected chi connectivity index (χ1v) is 8.49. The quantitative estimate of drug-likeness (QED) is 0.851. The highest BCUT2D eigenvalue weighted by atomic mass is 16.5. The van der Waals surface area contributed by atoms with Crippen molar-refractivity contribution < 1.29 is 14.3 Å². The molecule has 0 aromatic heterocycles. The fraction of sp³-hybridized carbons (Fsp3) is 0.350. The van der Waals surface area contributed by atoms with Crippen molar-refractivity contribution in [2.45, 2.75) is 12.5 Å². The third kappa shape index (κ3) is 3.77. The van der Waals surface area contributed by atoms with Crippen LogP contribution in [0.25, 0.3) is 0 Å². The summed E-state index contributed by atoms with van der Waals surface area (Å²) in [5.74, 6) is 0.851. The number of amides is 2. The molecule has 1 N–H and O–H groups in total. The van der Waals surface area contributed by atoms with E-state index in [1.165, 1.54) is 5.56 Å². The number of nitrogens with zero attached hydrogens (tertiary/aromatic N) is 1. The molecular weight excluding hydrogens is 316 g/mol. The molecule has 3 rings (SSSR count). The summed E-state index contributed by atoms with van der Waals surface area (Å²) in [6.07, 6.45) is 0.813. The fourth-order valence-electron chi connectivity index (χ4n) is 3.31. The minimum absolute atomic E-state index is 0.0626. The van der Waals surface area contributed by atoms with Gasteiger partial charge in [-0.05, 0) is 35.2 Å². The number of fused-ring (bicyclic) bond motifs is 1. The van der Waals surface area contributed by atoms with Crippen LogP contribution in [0.1, 0.15) is 22.7 Å². The molecule has 5 heteroatoms. The number of methoxy groups -OCH3 is 2. The van der Waals surface area contributed by atoms with Crippen LogP contribution in [-0.4, -0.2) is 44.8 Å². The minimum atomic E-state index is -0.0987. The number of benzene rings is 2. The molecule has 5 nitrogen and oxygen atoms in total. The number of carbonyl (C=O) groups excluding carboxylic acids is 1. The van der Waals surface area contributed by atoms with E-state index in [-0.39, 0.29) is 12.1 Å². The lowest BCUT2D eigenvalue weighted by Crippen LogP contribution is -2.46. The Morgan fingerprint density at radius 2 is 2.00 bits per heavy atom. The van der Waals surface area contributed by atoms with Crippen molar-refractivity contribution in [2.75, 3.05) is 33.9 Å². The van der Waals surface area contributed by atoms with Crippen LogP contribution in [0.3, 0.4) is 0 Å². The highest BCUT2D eigenvalue weighted by Gasteiger charge is 2.32. The van der Waals surface area contributed by atoms with Gasteiger partial charge in [0.2, 0.25) is 0 Å². The number of hydrogen-bond acceptors (Lipinski definition) is 3. The normalized spacial score (nSPS) is 16.2. The highest BCUT2D eigenvalue weighted by Crippen LogP contribution is 2.36. The van der Waals surface area contributed by atoms with Gasteiger partial charge in [0.25, 0.3) is 0 Å². The van der Waals surface area contributed by atoms with Crippen molar-refractivity contribution in [1.29, 1.82) is 0 Å². The molecule has 1 aliphatic heterocycles. The maximum Gasteiger partial charge on any atom is 0.318 e. The van der Waals surface area contributed by atoms with Gasteiger partial charge in [0, 0.05) is 20.2 Å². The molecule has 132 valence electrons. The van der Waals surface area contributed by atoms with Gasteiger partial charge in [-0.25, -0.2) is 4.79 Å². The zero-order valence-corrected chi connectivity index (χ0v) is 14.7. The lowest BCUT2D eigenvalue weighted by molar-refractivity contribution is 0.168. The average molecular weight is 340 g/mol. The molecule has 0 fully saturated rings. The van der Waals surface area contributed by atoms with E-state index >= 15 is 0 Å². The summed E-state index contributed by atoms with van der Waals surface area (Å²) < 4.78 is 10.4. The fourth-order valence-corrected chi connectivity index (χ4v) is 3.31. The van der Waals surface area contributed by atoms with Gasteiger partial charge < -0.3 is 19.7 Å². The molecule has 0 aliphatic carbocycles. The maximum absolute atomic E-state index is 12.7. The van der Waals surface area contributed by atoms with E-state index in [9.17, 15) is 4.79 Å². The number of hydrogen-bond donors (Lipinski definition) is 1. The predicted molar refractivity (Wildman–Crippen MR) is 97.0 cm³/mol. The summed E-state index contributed by atoms with van der Waals surface area (Å²) in [7, 11) is 3.30. The number of carbonyl (C=O) groups is 1. The SMILES string of the molecule is COCCNC(=O)N1CCc2cc(OC)ccc2C1c1ccccc1. The maximum atomic E-state index is 12.7. The second kappa shape index (κ2) is 8.03. The molecule has 0 saturated heterocycles. The van der Waals surface area contributed by atoms with E-state index < -0.39 is 0 Å². The van der Waals surface area contributed by atoms with Crippen LogP contribution in [0.15, 0.2) is 48.5 Å². The zero-order chi connectivity index (χ0) is 17.6. The Kier molecular flexibility index (Phi) is 5.56. The monoisotopic (exact) mass is 340 g/mol. The second-order valence-electron chi connectivity index (χ2n) is 6.05. The molecule has 2 aromatic rings. The Bertz CT molecular complexity index is 718. The molecule has 2 amide bonds. The molecule has 1 atom stereocenters. The standard InChI is InChI=1S/C20H24N2O3/c1-24-13-11-21-20(23)22-12-10-16-14-17(25-2)8-9-18(16)19(22)15-6-4-3-5-7-15/h3-9,14,19H,10-13H2,1-2H3,(H,21,23). The first kappa shape index (κ1) is 17.3. The first-order chi connectivity index (χ1) is 12.2. The smallest absolute Gasteiger partial charge is 0.318 e. The molecule has 1 heterocycles. The minimum Gasteiger partial charge on any atom is -0.497 e. The molecule has 0 spiro atoms. The third-order valence-corrected chi connectivity index (χ3v) is 4.54. The van der Waals surface area contributed by atoms with Crippen molar-refractivity contribution in [1.82, 2.24) is 10.2 Å². The molecule has 25 heavy (non-hydrogen) atoms. The summed E-state index contributed by atoms with van der Waals surface area (Å²) in [5, 5.41) is 2.94. The first-order valence-electron chi connectivity index (χ1n) is 8.49. The van der Waals surface area contributed by atoms with Crippen LogP contribution < -0.4 is 10.1 Å². The molecule has 2 aromatic carbocycles. The Labute approximate surface area is 148 Å². The molecule has 1 unspecified atom stereocenters. The Hall–Kier alpha value is -2.53. The predicted octanol–water partition coefficient (Wildman–Crippen LogP) is 3.00. The van der Waals surface area contributed by atoms with Crippen LogP contribution in [0, 0.1) is 0 Å². The summed E-state index contributed by atoms with van der Waals surface area (Å²) in [6.45, 7) is 1.67. The Morgan fingerprint density at radius 1 is 1.20 bits per heavy atom. The highest BCUT2D eigenvalue weighted by molar-refractivity contribution is 5.76. The third-order valence-electron chi connectivity index (χ3n) is 4.54. The molecule has 1 aliphatic rings. The van der Waals surface area contributed by atoms with Crippen molar-refractivity contribution in [3.8, 4) is 5.75 Å². The van der Waals surface area contributed by atoms with Crippen LogP contribution >= 0.6 is 0 Å². The largest absolute Gasteiger partial charge is 0.497 e. The summed E-state index contributed by atoms with van der Waals surface area (Å²) in [4.78, 5) is 14.6. The van der Waals surface area contributed by atoms with E-state index in [4.69, 9.17) is 9.47 Å². The van der Waals surface area contributed by atoms with Crippen LogP contribution in [0.5, 0.6) is 5.75 Å². The van der Waals surface area contributed by atoms with Gasteiger partial charge in [-0.15, -0.1) is 0 Å². The molecule has 0 saturated carbocycles. The number of rotatable bonds is 5. The Morgan fingerprint density at radius 3 is 2.72 bits per heavy atom. The van der Waals surface area contributed by atoms with E-state index in [2.05, 4.69) is 29.6 Å². The Balaban J connectivity index is 1.94. The van der Waals surface area contributed by atoms with Gasteiger partial charge in [-0.1, -0.05) is 36.4 Å². The number of ether oxygens (including phenoxy) is 2. The summed E-state index contributed by atoms with van der Waals surface area (Å²) >= 11 is 0. The van der Waals surface area contributed by atoms with E-state index in [1.807, 2.05) is 29.2 Å². The van der Waals surface area contributed by atoms with E-state index in [1.54, 1.807) is 14.2 Å². The van der Waals surface area contributed by atoms with E-state index in [0.29, 0.717) is 19.7 Å². The molecule has 0 radical (unpaired) electrons. The van der Waals surface area contributed by atoms with Gasteiger partial charge in [0.05, 0.1) is 19.8 Å². The lowest BCUT2D eigenvalue weighted by Gasteiger charge is -2.37. The van der Waals surface area contributed by atoms with Crippen molar-refractivity contribution in [3.63, 3.8) is 0 Å².